The van der Waals surface area contributed by atoms with Crippen LogP contribution in [0.3, 0.4) is 0 Å². The summed E-state index contributed by atoms with van der Waals surface area (Å²) >= 11 is 0. The first-order valence-electron chi connectivity index (χ1n) is 7.13. The molecule has 1 aromatic carbocycles. The zero-order valence-corrected chi connectivity index (χ0v) is 11.9. The minimum absolute atomic E-state index is 0.230. The quantitative estimate of drug-likeness (QED) is 0.902. The highest BCUT2D eigenvalue weighted by Gasteiger charge is 2.39. The van der Waals surface area contributed by atoms with Gasteiger partial charge in [-0.1, -0.05) is 18.2 Å². The fraction of sp³-hybridized carbons (Fsp3) is 0.562. The van der Waals surface area contributed by atoms with Crippen molar-refractivity contribution in [3.8, 4) is 5.75 Å². The van der Waals surface area contributed by atoms with Gasteiger partial charge >= 0.3 is 5.97 Å². The van der Waals surface area contributed by atoms with Gasteiger partial charge in [0, 0.05) is 18.6 Å². The van der Waals surface area contributed by atoms with Crippen molar-refractivity contribution < 1.29 is 19.4 Å². The molecular weight excluding hydrogens is 256 g/mol. The lowest BCUT2D eigenvalue weighted by Gasteiger charge is -2.30. The molecule has 0 aliphatic carbocycles. The van der Waals surface area contributed by atoms with Gasteiger partial charge in [-0.05, 0) is 32.3 Å². The average molecular weight is 276 g/mol. The first-order valence-corrected chi connectivity index (χ1v) is 7.13. The van der Waals surface area contributed by atoms with E-state index in [1.165, 1.54) is 0 Å². The lowest BCUT2D eigenvalue weighted by Crippen LogP contribution is -2.29. The van der Waals surface area contributed by atoms with Crippen LogP contribution in [-0.2, 0) is 16.0 Å². The van der Waals surface area contributed by atoms with Gasteiger partial charge < -0.3 is 14.6 Å². The molecule has 0 saturated carbocycles. The van der Waals surface area contributed by atoms with Crippen molar-refractivity contribution >= 4 is 5.97 Å². The number of fused-ring (bicyclic) bond motifs is 1. The number of para-hydroxylation sites is 1. The van der Waals surface area contributed by atoms with E-state index in [2.05, 4.69) is 0 Å². The van der Waals surface area contributed by atoms with Crippen molar-refractivity contribution in [3.63, 3.8) is 0 Å². The molecular formula is C16H20O4. The molecule has 1 aromatic rings. The topological polar surface area (TPSA) is 55.8 Å². The van der Waals surface area contributed by atoms with Crippen LogP contribution in [0.25, 0.3) is 0 Å². The molecule has 2 atom stereocenters. The molecule has 0 radical (unpaired) electrons. The molecule has 4 heteroatoms. The number of rotatable bonds is 2. The maximum Gasteiger partial charge on any atom is 0.309 e. The Labute approximate surface area is 118 Å². The van der Waals surface area contributed by atoms with Crippen molar-refractivity contribution in [3.05, 3.63) is 29.3 Å². The largest absolute Gasteiger partial charge is 0.487 e. The lowest BCUT2D eigenvalue weighted by atomic mass is 9.88. The predicted octanol–water partition coefficient (Wildman–Crippen LogP) is 2.95. The number of carbonyl (C=O) groups is 1. The number of ether oxygens (including phenoxy) is 2. The van der Waals surface area contributed by atoms with Gasteiger partial charge in [0.25, 0.3) is 0 Å². The lowest BCUT2D eigenvalue weighted by molar-refractivity contribution is -0.152. The molecule has 0 aromatic heterocycles. The molecule has 1 saturated heterocycles. The fourth-order valence-electron chi connectivity index (χ4n) is 3.20. The van der Waals surface area contributed by atoms with Crippen molar-refractivity contribution in [2.24, 2.45) is 5.92 Å². The molecule has 2 aliphatic heterocycles. The van der Waals surface area contributed by atoms with E-state index in [0.717, 1.165) is 29.7 Å². The van der Waals surface area contributed by atoms with E-state index in [1.807, 2.05) is 32.0 Å². The number of hydrogen-bond acceptors (Lipinski definition) is 3. The third-order valence-electron chi connectivity index (χ3n) is 4.07. The van der Waals surface area contributed by atoms with Crippen LogP contribution in [0.1, 0.15) is 43.9 Å². The Morgan fingerprint density at radius 2 is 2.20 bits per heavy atom. The monoisotopic (exact) mass is 276 g/mol. The van der Waals surface area contributed by atoms with Gasteiger partial charge in [0.15, 0.2) is 0 Å². The molecule has 2 unspecified atom stereocenters. The van der Waals surface area contributed by atoms with E-state index in [1.54, 1.807) is 0 Å². The van der Waals surface area contributed by atoms with Crippen LogP contribution >= 0.6 is 0 Å². The number of carboxylic acid groups (broad SMARTS) is 1. The molecule has 2 aliphatic rings. The molecule has 0 spiro atoms. The SMILES string of the molecule is CC1(C)Cc2cccc(C3OCCCC3C(=O)O)c2O1. The van der Waals surface area contributed by atoms with Crippen molar-refractivity contribution in [2.45, 2.75) is 44.8 Å². The normalized spacial score (nSPS) is 27.7. The van der Waals surface area contributed by atoms with Crippen LogP contribution in [-0.4, -0.2) is 23.3 Å². The van der Waals surface area contributed by atoms with Crippen molar-refractivity contribution in [2.75, 3.05) is 6.61 Å². The van der Waals surface area contributed by atoms with Gasteiger partial charge in [-0.2, -0.15) is 0 Å². The number of benzene rings is 1. The Morgan fingerprint density at radius 1 is 1.40 bits per heavy atom. The second-order valence-electron chi connectivity index (χ2n) is 6.25. The van der Waals surface area contributed by atoms with Crippen LogP contribution in [0, 0.1) is 5.92 Å². The highest BCUT2D eigenvalue weighted by atomic mass is 16.5. The highest BCUT2D eigenvalue weighted by molar-refractivity contribution is 5.71. The van der Waals surface area contributed by atoms with Gasteiger partial charge in [0.2, 0.25) is 0 Å². The molecule has 1 N–H and O–H groups in total. The standard InChI is InChI=1S/C16H20O4/c1-16(2)9-10-5-3-6-11(13(10)20-16)14-12(15(17)18)7-4-8-19-14/h3,5-6,12,14H,4,7-9H2,1-2H3,(H,17,18). The van der Waals surface area contributed by atoms with Gasteiger partial charge in [0.05, 0.1) is 12.0 Å². The third kappa shape index (κ3) is 2.29. The summed E-state index contributed by atoms with van der Waals surface area (Å²) in [5, 5.41) is 9.40. The van der Waals surface area contributed by atoms with Crippen LogP contribution in [0.15, 0.2) is 18.2 Å². The Kier molecular flexibility index (Phi) is 3.21. The second kappa shape index (κ2) is 4.77. The maximum absolute atomic E-state index is 11.4. The van der Waals surface area contributed by atoms with Crippen LogP contribution < -0.4 is 4.74 Å². The molecule has 4 nitrogen and oxygen atoms in total. The second-order valence-corrected chi connectivity index (χ2v) is 6.25. The zero-order chi connectivity index (χ0) is 14.3. The summed E-state index contributed by atoms with van der Waals surface area (Å²) in [6, 6.07) is 5.95. The van der Waals surface area contributed by atoms with Gasteiger partial charge in [-0.25, -0.2) is 0 Å². The first-order chi connectivity index (χ1) is 9.48. The summed E-state index contributed by atoms with van der Waals surface area (Å²) in [4.78, 5) is 11.4. The summed E-state index contributed by atoms with van der Waals surface area (Å²) in [5.41, 5.74) is 1.80. The van der Waals surface area contributed by atoms with E-state index in [4.69, 9.17) is 9.47 Å². The van der Waals surface area contributed by atoms with E-state index in [-0.39, 0.29) is 5.60 Å². The summed E-state index contributed by atoms with van der Waals surface area (Å²) < 4.78 is 11.8. The van der Waals surface area contributed by atoms with Crippen molar-refractivity contribution in [1.82, 2.24) is 0 Å². The number of carboxylic acids is 1. The highest BCUT2D eigenvalue weighted by Crippen LogP contribution is 2.44. The first kappa shape index (κ1) is 13.4. The van der Waals surface area contributed by atoms with Gasteiger partial charge in [-0.15, -0.1) is 0 Å². The zero-order valence-electron chi connectivity index (χ0n) is 11.9. The molecule has 2 heterocycles. The average Bonchev–Trinajstić information content (AvgIpc) is 2.72. The number of hydrogen-bond donors (Lipinski definition) is 1. The minimum atomic E-state index is -0.787. The molecule has 0 bridgehead atoms. The van der Waals surface area contributed by atoms with Crippen LogP contribution in [0.2, 0.25) is 0 Å². The fourth-order valence-corrected chi connectivity index (χ4v) is 3.20. The third-order valence-corrected chi connectivity index (χ3v) is 4.07. The summed E-state index contributed by atoms with van der Waals surface area (Å²) in [6.45, 7) is 4.71. The van der Waals surface area contributed by atoms with E-state index in [0.29, 0.717) is 13.0 Å². The van der Waals surface area contributed by atoms with Crippen LogP contribution in [0.5, 0.6) is 5.75 Å². The Morgan fingerprint density at radius 3 is 2.95 bits per heavy atom. The van der Waals surface area contributed by atoms with Gasteiger partial charge in [-0.3, -0.25) is 4.79 Å². The van der Waals surface area contributed by atoms with E-state index < -0.39 is 18.0 Å². The maximum atomic E-state index is 11.4. The van der Waals surface area contributed by atoms with E-state index in [9.17, 15) is 9.90 Å². The van der Waals surface area contributed by atoms with Crippen molar-refractivity contribution in [1.29, 1.82) is 0 Å². The smallest absolute Gasteiger partial charge is 0.309 e. The number of aliphatic carboxylic acids is 1. The molecule has 3 rings (SSSR count). The predicted molar refractivity (Wildman–Crippen MR) is 73.9 cm³/mol. The Bertz CT molecular complexity index is 535. The molecule has 1 fully saturated rings. The summed E-state index contributed by atoms with van der Waals surface area (Å²) in [7, 11) is 0. The minimum Gasteiger partial charge on any atom is -0.487 e. The summed E-state index contributed by atoms with van der Waals surface area (Å²) in [5.74, 6) is -0.442. The summed E-state index contributed by atoms with van der Waals surface area (Å²) in [6.07, 6.45) is 1.91. The van der Waals surface area contributed by atoms with E-state index >= 15 is 0 Å². The molecule has 108 valence electrons. The molecule has 0 amide bonds. The van der Waals surface area contributed by atoms with Gasteiger partial charge in [0.1, 0.15) is 11.4 Å². The Balaban J connectivity index is 1.99. The molecule has 20 heavy (non-hydrogen) atoms. The Hall–Kier alpha value is -1.55. The van der Waals surface area contributed by atoms with Crippen LogP contribution in [0.4, 0.5) is 0 Å².